The van der Waals surface area contributed by atoms with Crippen molar-refractivity contribution in [3.63, 3.8) is 0 Å². The van der Waals surface area contributed by atoms with E-state index in [2.05, 4.69) is 9.88 Å². The number of ether oxygens (including phenoxy) is 1. The minimum Gasteiger partial charge on any atom is -0.497 e. The molecule has 190 valence electrons. The van der Waals surface area contributed by atoms with Gasteiger partial charge in [-0.25, -0.2) is 9.48 Å². The van der Waals surface area contributed by atoms with Crippen LogP contribution in [0.4, 0.5) is 10.5 Å². The SMILES string of the molecule is COc1ccc(NC(=O)N2Cc3c(C)nn(-c4ccccc4)c3-n3cccc3[C@@H]2c2cccc(Cl)c2)cc1. The highest BCUT2D eigenvalue weighted by Crippen LogP contribution is 2.39. The molecule has 7 nitrogen and oxygen atoms in total. The molecule has 0 aliphatic carbocycles. The molecular weight excluding hydrogens is 498 g/mol. The van der Waals surface area contributed by atoms with Gasteiger partial charge in [-0.3, -0.25) is 0 Å². The third kappa shape index (κ3) is 4.21. The average molecular weight is 524 g/mol. The molecule has 0 unspecified atom stereocenters. The first kappa shape index (κ1) is 23.9. The van der Waals surface area contributed by atoms with Gasteiger partial charge >= 0.3 is 6.03 Å². The molecule has 1 aliphatic heterocycles. The second kappa shape index (κ2) is 9.76. The molecule has 1 aliphatic rings. The number of amides is 2. The summed E-state index contributed by atoms with van der Waals surface area (Å²) in [6.45, 7) is 2.34. The highest BCUT2D eigenvalue weighted by Gasteiger charge is 2.36. The molecule has 2 amide bonds. The zero-order chi connectivity index (χ0) is 26.2. The summed E-state index contributed by atoms with van der Waals surface area (Å²) in [4.78, 5) is 15.8. The van der Waals surface area contributed by atoms with Gasteiger partial charge in [0.2, 0.25) is 0 Å². The lowest BCUT2D eigenvalue weighted by Crippen LogP contribution is -2.38. The molecule has 1 N–H and O–H groups in total. The van der Waals surface area contributed by atoms with Crippen molar-refractivity contribution in [2.24, 2.45) is 0 Å². The number of methoxy groups -OCH3 is 1. The van der Waals surface area contributed by atoms with Gasteiger partial charge in [0.1, 0.15) is 11.6 Å². The first-order valence-electron chi connectivity index (χ1n) is 12.3. The van der Waals surface area contributed by atoms with Gasteiger partial charge in [0, 0.05) is 22.5 Å². The number of halogens is 1. The Hall–Kier alpha value is -4.49. The van der Waals surface area contributed by atoms with Crippen LogP contribution in [0.15, 0.2) is 97.2 Å². The second-order valence-electron chi connectivity index (χ2n) is 9.18. The molecule has 0 saturated heterocycles. The number of rotatable bonds is 4. The van der Waals surface area contributed by atoms with Crippen LogP contribution in [-0.2, 0) is 6.54 Å². The van der Waals surface area contributed by atoms with E-state index in [0.717, 1.165) is 39.8 Å². The summed E-state index contributed by atoms with van der Waals surface area (Å²) in [6.07, 6.45) is 2.02. The predicted octanol–water partition coefficient (Wildman–Crippen LogP) is 6.77. The molecule has 3 aromatic carbocycles. The van der Waals surface area contributed by atoms with Crippen LogP contribution in [-0.4, -0.2) is 32.4 Å². The molecule has 38 heavy (non-hydrogen) atoms. The molecule has 3 heterocycles. The Morgan fingerprint density at radius 3 is 2.53 bits per heavy atom. The third-order valence-electron chi connectivity index (χ3n) is 6.85. The minimum atomic E-state index is -0.391. The first-order valence-corrected chi connectivity index (χ1v) is 12.7. The van der Waals surface area contributed by atoms with Crippen molar-refractivity contribution in [1.29, 1.82) is 0 Å². The summed E-state index contributed by atoms with van der Waals surface area (Å²) in [6, 6.07) is 28.5. The number of hydrogen-bond donors (Lipinski definition) is 1. The zero-order valence-electron chi connectivity index (χ0n) is 21.0. The van der Waals surface area contributed by atoms with Crippen LogP contribution in [0.3, 0.4) is 0 Å². The van der Waals surface area contributed by atoms with Crippen molar-refractivity contribution in [2.45, 2.75) is 19.5 Å². The lowest BCUT2D eigenvalue weighted by atomic mass is 10.0. The van der Waals surface area contributed by atoms with Crippen LogP contribution in [0, 0.1) is 6.92 Å². The Kier molecular flexibility index (Phi) is 6.13. The fourth-order valence-electron chi connectivity index (χ4n) is 5.05. The monoisotopic (exact) mass is 523 g/mol. The lowest BCUT2D eigenvalue weighted by molar-refractivity contribution is 0.194. The minimum absolute atomic E-state index is 0.229. The van der Waals surface area contributed by atoms with E-state index in [-0.39, 0.29) is 6.03 Å². The molecule has 0 radical (unpaired) electrons. The van der Waals surface area contributed by atoms with Gasteiger partial charge in [0.05, 0.1) is 36.8 Å². The summed E-state index contributed by atoms with van der Waals surface area (Å²) >= 11 is 6.44. The van der Waals surface area contributed by atoms with E-state index in [9.17, 15) is 4.79 Å². The lowest BCUT2D eigenvalue weighted by Gasteiger charge is -2.31. The van der Waals surface area contributed by atoms with Crippen LogP contribution >= 0.6 is 11.6 Å². The highest BCUT2D eigenvalue weighted by atomic mass is 35.5. The normalized spacial score (nSPS) is 14.4. The van der Waals surface area contributed by atoms with E-state index in [1.807, 2.05) is 114 Å². The van der Waals surface area contributed by atoms with E-state index in [1.165, 1.54) is 0 Å². The Morgan fingerprint density at radius 2 is 1.79 bits per heavy atom. The average Bonchev–Trinajstić information content (AvgIpc) is 3.50. The maximum Gasteiger partial charge on any atom is 0.322 e. The van der Waals surface area contributed by atoms with Gasteiger partial charge in [-0.05, 0) is 73.2 Å². The standard InChI is InChI=1S/C30H26ClN5O2/c1-20-26-19-35(30(37)32-23-13-15-25(38-2)16-14-23)28(21-8-6-9-22(31)18-21)27-12-7-17-34(27)29(26)36(33-20)24-10-4-3-5-11-24/h3-18,28H,19H2,1-2H3,(H,32,37)/t28-/m0/s1. The molecule has 8 heteroatoms. The molecule has 0 fully saturated rings. The van der Waals surface area contributed by atoms with Gasteiger partial charge in [0.15, 0.2) is 0 Å². The Labute approximate surface area is 225 Å². The molecule has 2 aromatic heterocycles. The zero-order valence-corrected chi connectivity index (χ0v) is 21.8. The molecule has 0 spiro atoms. The number of carbonyl (C=O) groups is 1. The fourth-order valence-corrected chi connectivity index (χ4v) is 5.25. The van der Waals surface area contributed by atoms with Crippen molar-refractivity contribution < 1.29 is 9.53 Å². The number of nitrogens with zero attached hydrogens (tertiary/aromatic N) is 4. The molecule has 0 saturated carbocycles. The highest BCUT2D eigenvalue weighted by molar-refractivity contribution is 6.30. The molecule has 1 atom stereocenters. The Bertz CT molecular complexity index is 1610. The predicted molar refractivity (Wildman–Crippen MR) is 148 cm³/mol. The number of carbonyl (C=O) groups excluding carboxylic acids is 1. The van der Waals surface area contributed by atoms with Gasteiger partial charge in [-0.1, -0.05) is 41.9 Å². The number of aromatic nitrogens is 3. The van der Waals surface area contributed by atoms with Gasteiger partial charge in [-0.2, -0.15) is 5.10 Å². The largest absolute Gasteiger partial charge is 0.497 e. The van der Waals surface area contributed by atoms with Crippen LogP contribution in [0.2, 0.25) is 5.02 Å². The van der Waals surface area contributed by atoms with E-state index >= 15 is 0 Å². The van der Waals surface area contributed by atoms with Crippen molar-refractivity contribution in [2.75, 3.05) is 12.4 Å². The van der Waals surface area contributed by atoms with E-state index < -0.39 is 6.04 Å². The summed E-state index contributed by atoms with van der Waals surface area (Å²) in [5, 5.41) is 8.59. The van der Waals surface area contributed by atoms with Crippen LogP contribution in [0.25, 0.3) is 11.5 Å². The van der Waals surface area contributed by atoms with Crippen molar-refractivity contribution >= 4 is 23.3 Å². The molecule has 0 bridgehead atoms. The summed E-state index contributed by atoms with van der Waals surface area (Å²) in [5.41, 5.74) is 5.32. The van der Waals surface area contributed by atoms with E-state index in [0.29, 0.717) is 17.3 Å². The molecular formula is C30H26ClN5O2. The quantitative estimate of drug-likeness (QED) is 0.283. The second-order valence-corrected chi connectivity index (χ2v) is 9.62. The Balaban J connectivity index is 1.51. The fraction of sp³-hybridized carbons (Fsp3) is 0.133. The van der Waals surface area contributed by atoms with Crippen LogP contribution in [0.5, 0.6) is 5.75 Å². The number of para-hydroxylation sites is 1. The summed E-state index contributed by atoms with van der Waals surface area (Å²) in [5.74, 6) is 1.64. The number of nitrogens with one attached hydrogen (secondary N) is 1. The smallest absolute Gasteiger partial charge is 0.322 e. The summed E-state index contributed by atoms with van der Waals surface area (Å²) < 4.78 is 9.35. The number of aryl methyl sites for hydroxylation is 1. The van der Waals surface area contributed by atoms with Crippen molar-refractivity contribution in [3.8, 4) is 17.3 Å². The maximum absolute atomic E-state index is 14.0. The van der Waals surface area contributed by atoms with E-state index in [1.54, 1.807) is 7.11 Å². The van der Waals surface area contributed by atoms with Gasteiger partial charge < -0.3 is 19.5 Å². The molecule has 6 rings (SSSR count). The van der Waals surface area contributed by atoms with Crippen molar-refractivity contribution in [3.05, 3.63) is 125 Å². The Morgan fingerprint density at radius 1 is 1.00 bits per heavy atom. The van der Waals surface area contributed by atoms with Crippen molar-refractivity contribution in [1.82, 2.24) is 19.2 Å². The third-order valence-corrected chi connectivity index (χ3v) is 7.09. The van der Waals surface area contributed by atoms with Gasteiger partial charge in [-0.15, -0.1) is 0 Å². The summed E-state index contributed by atoms with van der Waals surface area (Å²) in [7, 11) is 1.62. The van der Waals surface area contributed by atoms with E-state index in [4.69, 9.17) is 21.4 Å². The number of fused-ring (bicyclic) bond motifs is 3. The van der Waals surface area contributed by atoms with Crippen LogP contribution in [0.1, 0.15) is 28.6 Å². The molecule has 5 aromatic rings. The van der Waals surface area contributed by atoms with Gasteiger partial charge in [0.25, 0.3) is 0 Å². The number of benzene rings is 3. The topological polar surface area (TPSA) is 64.3 Å². The maximum atomic E-state index is 14.0. The number of hydrogen-bond acceptors (Lipinski definition) is 3. The number of urea groups is 1. The first-order chi connectivity index (χ1) is 18.5. The number of anilines is 1. The van der Waals surface area contributed by atoms with Crippen LogP contribution < -0.4 is 10.1 Å².